The topological polar surface area (TPSA) is 35.2 Å². The van der Waals surface area contributed by atoms with Crippen LogP contribution in [0.15, 0.2) is 48.5 Å². The fraction of sp³-hybridized carbons (Fsp3) is 0.176. The fourth-order valence-electron chi connectivity index (χ4n) is 2.11. The van der Waals surface area contributed by atoms with Crippen molar-refractivity contribution in [3.8, 4) is 5.75 Å². The van der Waals surface area contributed by atoms with Crippen molar-refractivity contribution in [2.75, 3.05) is 12.8 Å². The van der Waals surface area contributed by atoms with E-state index in [1.54, 1.807) is 7.11 Å². The lowest BCUT2D eigenvalue weighted by molar-refractivity contribution is 0.415. The predicted molar refractivity (Wildman–Crippen MR) is 86.2 cm³/mol. The summed E-state index contributed by atoms with van der Waals surface area (Å²) in [6.07, 6.45) is 3.09. The van der Waals surface area contributed by atoms with Crippen LogP contribution >= 0.6 is 11.6 Å². The lowest BCUT2D eigenvalue weighted by Crippen LogP contribution is -1.97. The first-order valence-corrected chi connectivity index (χ1v) is 6.93. The van der Waals surface area contributed by atoms with E-state index in [0.717, 1.165) is 39.6 Å². The molecule has 0 spiro atoms. The van der Waals surface area contributed by atoms with Gasteiger partial charge in [-0.15, -0.1) is 0 Å². The van der Waals surface area contributed by atoms with Gasteiger partial charge in [-0.1, -0.05) is 36.7 Å². The summed E-state index contributed by atoms with van der Waals surface area (Å²) in [6.45, 7) is 2.10. The lowest BCUT2D eigenvalue weighted by Gasteiger charge is -2.13. The first-order chi connectivity index (χ1) is 9.65. The summed E-state index contributed by atoms with van der Waals surface area (Å²) in [5.74, 6) is 0.796. The molecule has 0 aliphatic carbocycles. The van der Waals surface area contributed by atoms with Crippen LogP contribution in [0.2, 0.25) is 5.02 Å². The van der Waals surface area contributed by atoms with Gasteiger partial charge in [0, 0.05) is 16.3 Å². The van der Waals surface area contributed by atoms with Crippen molar-refractivity contribution in [2.45, 2.75) is 13.3 Å². The quantitative estimate of drug-likeness (QED) is 0.822. The molecule has 2 aromatic rings. The molecular formula is C17H18ClNO. The number of nitrogen functional groups attached to an aromatic ring is 1. The highest BCUT2D eigenvalue weighted by Crippen LogP contribution is 2.32. The van der Waals surface area contributed by atoms with Crippen molar-refractivity contribution in [3.63, 3.8) is 0 Å². The summed E-state index contributed by atoms with van der Waals surface area (Å²) >= 11 is 5.95. The summed E-state index contributed by atoms with van der Waals surface area (Å²) in [5, 5.41) is 0.725. The monoisotopic (exact) mass is 287 g/mol. The molecule has 0 saturated carbocycles. The first kappa shape index (κ1) is 14.5. The van der Waals surface area contributed by atoms with Crippen molar-refractivity contribution >= 4 is 22.9 Å². The molecule has 0 aliphatic heterocycles. The lowest BCUT2D eigenvalue weighted by atomic mass is 9.95. The maximum absolute atomic E-state index is 6.12. The number of hydrogen-bond donors (Lipinski definition) is 1. The summed E-state index contributed by atoms with van der Waals surface area (Å²) in [5.41, 5.74) is 10.0. The van der Waals surface area contributed by atoms with Gasteiger partial charge in [0.2, 0.25) is 0 Å². The summed E-state index contributed by atoms with van der Waals surface area (Å²) < 4.78 is 5.29. The Labute approximate surface area is 124 Å². The molecule has 20 heavy (non-hydrogen) atoms. The number of allylic oxidation sites excluding steroid dienone is 1. The molecule has 0 aliphatic rings. The third-order valence-electron chi connectivity index (χ3n) is 3.11. The van der Waals surface area contributed by atoms with Crippen molar-refractivity contribution < 1.29 is 4.74 Å². The van der Waals surface area contributed by atoms with Gasteiger partial charge in [-0.3, -0.25) is 0 Å². The average molecular weight is 288 g/mol. The Kier molecular flexibility index (Phi) is 4.70. The van der Waals surface area contributed by atoms with Crippen molar-refractivity contribution in [1.82, 2.24) is 0 Å². The Morgan fingerprint density at radius 3 is 2.50 bits per heavy atom. The third kappa shape index (κ3) is 3.14. The molecule has 0 bridgehead atoms. The van der Waals surface area contributed by atoms with Crippen molar-refractivity contribution in [3.05, 3.63) is 64.7 Å². The number of nitrogens with two attached hydrogens (primary N) is 1. The van der Waals surface area contributed by atoms with Crippen LogP contribution in [0.5, 0.6) is 5.75 Å². The van der Waals surface area contributed by atoms with Crippen LogP contribution in [-0.4, -0.2) is 7.11 Å². The van der Waals surface area contributed by atoms with Gasteiger partial charge < -0.3 is 10.5 Å². The Bertz CT molecular complexity index is 617. The molecule has 2 rings (SSSR count). The zero-order valence-corrected chi connectivity index (χ0v) is 12.4. The minimum Gasteiger partial charge on any atom is -0.497 e. The van der Waals surface area contributed by atoms with Crippen LogP contribution in [0, 0.1) is 0 Å². The number of ether oxygens (including phenoxy) is 1. The van der Waals surface area contributed by atoms with Gasteiger partial charge in [0.05, 0.1) is 7.11 Å². The molecule has 0 unspecified atom stereocenters. The second kappa shape index (κ2) is 6.49. The maximum Gasteiger partial charge on any atom is 0.119 e. The predicted octanol–water partition coefficient (Wildman–Crippen LogP) is 4.77. The zero-order valence-electron chi connectivity index (χ0n) is 11.7. The van der Waals surface area contributed by atoms with Gasteiger partial charge in [-0.05, 0) is 47.9 Å². The second-order valence-corrected chi connectivity index (χ2v) is 4.92. The fourth-order valence-corrected chi connectivity index (χ4v) is 2.24. The van der Waals surface area contributed by atoms with Gasteiger partial charge in [0.15, 0.2) is 0 Å². The molecule has 0 atom stereocenters. The Morgan fingerprint density at radius 1 is 1.20 bits per heavy atom. The number of benzene rings is 2. The molecule has 0 fully saturated rings. The van der Waals surface area contributed by atoms with Crippen LogP contribution in [0.25, 0.3) is 5.57 Å². The number of hydrogen-bond acceptors (Lipinski definition) is 2. The standard InChI is InChI=1S/C17H18ClNO/c1-3-4-15(12-5-7-13(18)8-6-12)16-11-14(20-2)9-10-17(16)19/h4-11H,3,19H2,1-2H3/b15-4+. The summed E-state index contributed by atoms with van der Waals surface area (Å²) in [6, 6.07) is 13.5. The number of anilines is 1. The Balaban J connectivity index is 2.54. The third-order valence-corrected chi connectivity index (χ3v) is 3.37. The molecule has 0 radical (unpaired) electrons. The number of methoxy groups -OCH3 is 1. The van der Waals surface area contributed by atoms with Gasteiger partial charge in [-0.2, -0.15) is 0 Å². The van der Waals surface area contributed by atoms with Crippen LogP contribution in [0.1, 0.15) is 24.5 Å². The van der Waals surface area contributed by atoms with Crippen LogP contribution in [0.4, 0.5) is 5.69 Å². The van der Waals surface area contributed by atoms with Crippen molar-refractivity contribution in [2.24, 2.45) is 0 Å². The summed E-state index contributed by atoms with van der Waals surface area (Å²) in [4.78, 5) is 0. The highest BCUT2D eigenvalue weighted by molar-refractivity contribution is 6.30. The molecule has 0 aromatic heterocycles. The Morgan fingerprint density at radius 2 is 1.90 bits per heavy atom. The molecular weight excluding hydrogens is 270 g/mol. The number of rotatable bonds is 4. The zero-order chi connectivity index (χ0) is 14.5. The van der Waals surface area contributed by atoms with E-state index in [-0.39, 0.29) is 0 Å². The van der Waals surface area contributed by atoms with Crippen molar-refractivity contribution in [1.29, 1.82) is 0 Å². The van der Waals surface area contributed by atoms with Gasteiger partial charge in [0.1, 0.15) is 5.75 Å². The first-order valence-electron chi connectivity index (χ1n) is 6.55. The van der Waals surface area contributed by atoms with E-state index in [2.05, 4.69) is 13.0 Å². The highest BCUT2D eigenvalue weighted by atomic mass is 35.5. The molecule has 104 valence electrons. The molecule has 2 N–H and O–H groups in total. The van der Waals surface area contributed by atoms with E-state index < -0.39 is 0 Å². The van der Waals surface area contributed by atoms with Crippen LogP contribution in [0.3, 0.4) is 0 Å². The average Bonchev–Trinajstić information content (AvgIpc) is 2.47. The molecule has 2 aromatic carbocycles. The van der Waals surface area contributed by atoms with Gasteiger partial charge >= 0.3 is 0 Å². The van der Waals surface area contributed by atoms with Crippen LogP contribution < -0.4 is 10.5 Å². The highest BCUT2D eigenvalue weighted by Gasteiger charge is 2.09. The largest absolute Gasteiger partial charge is 0.497 e. The normalized spacial score (nSPS) is 11.4. The second-order valence-electron chi connectivity index (χ2n) is 4.49. The smallest absolute Gasteiger partial charge is 0.119 e. The van der Waals surface area contributed by atoms with E-state index in [9.17, 15) is 0 Å². The molecule has 0 amide bonds. The van der Waals surface area contributed by atoms with E-state index in [1.165, 1.54) is 0 Å². The van der Waals surface area contributed by atoms with E-state index in [1.807, 2.05) is 42.5 Å². The Hall–Kier alpha value is -1.93. The van der Waals surface area contributed by atoms with Crippen LogP contribution in [-0.2, 0) is 0 Å². The number of halogens is 1. The maximum atomic E-state index is 6.12. The van der Waals surface area contributed by atoms with Gasteiger partial charge in [-0.25, -0.2) is 0 Å². The SMILES string of the molecule is CC/C=C(\c1ccc(Cl)cc1)c1cc(OC)ccc1N. The molecule has 2 nitrogen and oxygen atoms in total. The van der Waals surface area contributed by atoms with E-state index >= 15 is 0 Å². The molecule has 0 heterocycles. The molecule has 0 saturated heterocycles. The molecule has 3 heteroatoms. The van der Waals surface area contributed by atoms with Gasteiger partial charge in [0.25, 0.3) is 0 Å². The summed E-state index contributed by atoms with van der Waals surface area (Å²) in [7, 11) is 1.65. The van der Waals surface area contributed by atoms with E-state index in [0.29, 0.717) is 0 Å². The minimum absolute atomic E-state index is 0.725. The minimum atomic E-state index is 0.725. The van der Waals surface area contributed by atoms with E-state index in [4.69, 9.17) is 22.1 Å².